The molecule has 0 spiro atoms. The van der Waals surface area contributed by atoms with Gasteiger partial charge in [-0.1, -0.05) is 6.07 Å². The summed E-state index contributed by atoms with van der Waals surface area (Å²) in [6.07, 6.45) is 0.929. The van der Waals surface area contributed by atoms with E-state index in [0.717, 1.165) is 0 Å². The lowest BCUT2D eigenvalue weighted by Gasteiger charge is -2.22. The summed E-state index contributed by atoms with van der Waals surface area (Å²) in [6, 6.07) is 8.24. The zero-order valence-corrected chi connectivity index (χ0v) is 14.3. The molecule has 2 rings (SSSR count). The van der Waals surface area contributed by atoms with Gasteiger partial charge in [0.25, 0.3) is 0 Å². The van der Waals surface area contributed by atoms with Crippen molar-refractivity contribution in [2.45, 2.75) is 38.8 Å². The Balaban J connectivity index is 2.17. The molecule has 6 nitrogen and oxygen atoms in total. The van der Waals surface area contributed by atoms with Gasteiger partial charge in [-0.05, 0) is 51.1 Å². The predicted octanol–water partition coefficient (Wildman–Crippen LogP) is 3.14. The maximum atomic E-state index is 13.4. The van der Waals surface area contributed by atoms with Gasteiger partial charge in [0.05, 0.1) is 0 Å². The molecule has 0 bridgehead atoms. The lowest BCUT2D eigenvalue weighted by molar-refractivity contribution is -0.139. The second kappa shape index (κ2) is 7.38. The first kappa shape index (κ1) is 18.5. The standard InChI is InChI=1S/C18H21FN2O4/c1-18(2,3)25-17(24)20-15(16(22)23)11-14-8-5-9-21(14)13-7-4-6-12(19)10-13/h4-10,15H,11H2,1-3H3,(H,20,24)(H,22,23). The van der Waals surface area contributed by atoms with E-state index in [1.54, 1.807) is 55.8 Å². The van der Waals surface area contributed by atoms with Gasteiger partial charge in [-0.25, -0.2) is 14.0 Å². The Morgan fingerprint density at radius 3 is 2.60 bits per heavy atom. The molecule has 1 unspecified atom stereocenters. The van der Waals surface area contributed by atoms with Crippen LogP contribution in [0.3, 0.4) is 0 Å². The van der Waals surface area contributed by atoms with E-state index >= 15 is 0 Å². The van der Waals surface area contributed by atoms with Crippen LogP contribution < -0.4 is 5.32 Å². The fraction of sp³-hybridized carbons (Fsp3) is 0.333. The van der Waals surface area contributed by atoms with Crippen molar-refractivity contribution in [3.8, 4) is 5.69 Å². The average Bonchev–Trinajstić information content (AvgIpc) is 2.92. The smallest absolute Gasteiger partial charge is 0.408 e. The molecule has 1 aromatic heterocycles. The second-order valence-corrected chi connectivity index (χ2v) is 6.59. The van der Waals surface area contributed by atoms with Crippen LogP contribution in [0.2, 0.25) is 0 Å². The molecule has 0 saturated carbocycles. The Morgan fingerprint density at radius 2 is 2.00 bits per heavy atom. The molecule has 0 aliphatic carbocycles. The number of hydrogen-bond acceptors (Lipinski definition) is 3. The van der Waals surface area contributed by atoms with Crippen molar-refractivity contribution in [2.24, 2.45) is 0 Å². The van der Waals surface area contributed by atoms with E-state index in [1.807, 2.05) is 0 Å². The molecule has 1 amide bonds. The Labute approximate surface area is 145 Å². The van der Waals surface area contributed by atoms with E-state index < -0.39 is 23.7 Å². The van der Waals surface area contributed by atoms with E-state index in [-0.39, 0.29) is 12.2 Å². The average molecular weight is 348 g/mol. The van der Waals surface area contributed by atoms with Gasteiger partial charge >= 0.3 is 12.1 Å². The monoisotopic (exact) mass is 348 g/mol. The highest BCUT2D eigenvalue weighted by molar-refractivity contribution is 5.80. The summed E-state index contributed by atoms with van der Waals surface area (Å²) >= 11 is 0. The molecule has 2 aromatic rings. The van der Waals surface area contributed by atoms with Crippen LogP contribution in [0.1, 0.15) is 26.5 Å². The van der Waals surface area contributed by atoms with E-state index in [4.69, 9.17) is 4.74 Å². The first-order valence-corrected chi connectivity index (χ1v) is 7.80. The molecule has 2 N–H and O–H groups in total. The van der Waals surface area contributed by atoms with Crippen molar-refractivity contribution in [1.29, 1.82) is 0 Å². The summed E-state index contributed by atoms with van der Waals surface area (Å²) in [5.74, 6) is -1.57. The summed E-state index contributed by atoms with van der Waals surface area (Å²) in [7, 11) is 0. The number of aliphatic carboxylic acids is 1. The molecule has 0 radical (unpaired) electrons. The SMILES string of the molecule is CC(C)(C)OC(=O)NC(Cc1cccn1-c1cccc(F)c1)C(=O)O. The van der Waals surface area contributed by atoms with Gasteiger partial charge in [-0.3, -0.25) is 0 Å². The normalized spacial score (nSPS) is 12.5. The molecule has 0 aliphatic heterocycles. The van der Waals surface area contributed by atoms with Crippen molar-refractivity contribution in [1.82, 2.24) is 9.88 Å². The van der Waals surface area contributed by atoms with Crippen LogP contribution in [0.5, 0.6) is 0 Å². The van der Waals surface area contributed by atoms with Crippen molar-refractivity contribution in [3.63, 3.8) is 0 Å². The third-order valence-electron chi connectivity index (χ3n) is 3.32. The lowest BCUT2D eigenvalue weighted by atomic mass is 10.1. The highest BCUT2D eigenvalue weighted by atomic mass is 19.1. The Bertz CT molecular complexity index is 764. The van der Waals surface area contributed by atoms with Gasteiger partial charge in [0, 0.05) is 24.0 Å². The number of carboxylic acid groups (broad SMARTS) is 1. The van der Waals surface area contributed by atoms with E-state index in [0.29, 0.717) is 11.4 Å². The van der Waals surface area contributed by atoms with Crippen LogP contribution in [0.15, 0.2) is 42.6 Å². The molecular formula is C18H21FN2O4. The van der Waals surface area contributed by atoms with Gasteiger partial charge in [-0.15, -0.1) is 0 Å². The minimum absolute atomic E-state index is 0.0259. The Hall–Kier alpha value is -2.83. The third-order valence-corrected chi connectivity index (χ3v) is 3.32. The minimum atomic E-state index is -1.18. The maximum Gasteiger partial charge on any atom is 0.408 e. The first-order chi connectivity index (χ1) is 11.7. The number of aromatic nitrogens is 1. The maximum absolute atomic E-state index is 13.4. The molecule has 0 aliphatic rings. The van der Waals surface area contributed by atoms with Gasteiger partial charge in [0.15, 0.2) is 0 Å². The number of nitrogens with one attached hydrogen (secondary N) is 1. The number of carboxylic acids is 1. The zero-order valence-electron chi connectivity index (χ0n) is 14.3. The van der Waals surface area contributed by atoms with Crippen LogP contribution in [0, 0.1) is 5.82 Å². The number of rotatable bonds is 5. The Kier molecular flexibility index (Phi) is 5.46. The van der Waals surface area contributed by atoms with Crippen LogP contribution >= 0.6 is 0 Å². The van der Waals surface area contributed by atoms with Crippen molar-refractivity contribution >= 4 is 12.1 Å². The highest BCUT2D eigenvalue weighted by Gasteiger charge is 2.25. The number of amides is 1. The van der Waals surface area contributed by atoms with Crippen LogP contribution in [0.4, 0.5) is 9.18 Å². The highest BCUT2D eigenvalue weighted by Crippen LogP contribution is 2.16. The van der Waals surface area contributed by atoms with Crippen molar-refractivity contribution < 1.29 is 23.8 Å². The summed E-state index contributed by atoms with van der Waals surface area (Å²) in [5.41, 5.74) is 0.463. The van der Waals surface area contributed by atoms with Gasteiger partial charge in [0.1, 0.15) is 17.5 Å². The van der Waals surface area contributed by atoms with Crippen LogP contribution in [-0.2, 0) is 16.0 Å². The summed E-state index contributed by atoms with van der Waals surface area (Å²) in [6.45, 7) is 5.08. The van der Waals surface area contributed by atoms with Crippen LogP contribution in [-0.4, -0.2) is 33.4 Å². The Morgan fingerprint density at radius 1 is 1.28 bits per heavy atom. The van der Waals surface area contributed by atoms with Crippen LogP contribution in [0.25, 0.3) is 5.69 Å². The summed E-state index contributed by atoms with van der Waals surface area (Å²) < 4.78 is 20.2. The molecule has 1 aromatic carbocycles. The summed E-state index contributed by atoms with van der Waals surface area (Å²) in [4.78, 5) is 23.3. The fourth-order valence-corrected chi connectivity index (χ4v) is 2.32. The van der Waals surface area contributed by atoms with Crippen molar-refractivity contribution in [2.75, 3.05) is 0 Å². The molecule has 134 valence electrons. The van der Waals surface area contributed by atoms with Gasteiger partial charge < -0.3 is 19.7 Å². The number of benzene rings is 1. The predicted molar refractivity (Wildman–Crippen MR) is 90.2 cm³/mol. The number of halogens is 1. The number of alkyl carbamates (subject to hydrolysis) is 1. The largest absolute Gasteiger partial charge is 0.480 e. The fourth-order valence-electron chi connectivity index (χ4n) is 2.32. The third kappa shape index (κ3) is 5.34. The lowest BCUT2D eigenvalue weighted by Crippen LogP contribution is -2.44. The molecule has 0 saturated heterocycles. The molecule has 1 atom stereocenters. The van der Waals surface area contributed by atoms with E-state index in [1.165, 1.54) is 12.1 Å². The number of carbonyl (C=O) groups excluding carboxylic acids is 1. The molecule has 0 fully saturated rings. The molecule has 1 heterocycles. The van der Waals surface area contributed by atoms with Gasteiger partial charge in [-0.2, -0.15) is 0 Å². The quantitative estimate of drug-likeness (QED) is 0.870. The zero-order chi connectivity index (χ0) is 18.6. The van der Waals surface area contributed by atoms with E-state index in [9.17, 15) is 19.1 Å². The molecule has 25 heavy (non-hydrogen) atoms. The number of nitrogens with zero attached hydrogens (tertiary/aromatic N) is 1. The molecule has 7 heteroatoms. The van der Waals surface area contributed by atoms with Crippen molar-refractivity contribution in [3.05, 3.63) is 54.1 Å². The van der Waals surface area contributed by atoms with Gasteiger partial charge in [0.2, 0.25) is 0 Å². The first-order valence-electron chi connectivity index (χ1n) is 7.80. The number of carbonyl (C=O) groups is 2. The van der Waals surface area contributed by atoms with E-state index in [2.05, 4.69) is 5.32 Å². The summed E-state index contributed by atoms with van der Waals surface area (Å²) in [5, 5.41) is 11.7. The molecular weight excluding hydrogens is 327 g/mol. The number of ether oxygens (including phenoxy) is 1. The second-order valence-electron chi connectivity index (χ2n) is 6.59. The topological polar surface area (TPSA) is 80.6 Å². The number of hydrogen-bond donors (Lipinski definition) is 2. The minimum Gasteiger partial charge on any atom is -0.480 e.